The summed E-state index contributed by atoms with van der Waals surface area (Å²) in [5.41, 5.74) is 1.93. The summed E-state index contributed by atoms with van der Waals surface area (Å²) in [4.78, 5) is 14.0. The number of Topliss-reactive ketones (excluding diaryl/α,β-unsaturated/α-hetero) is 1. The first-order chi connectivity index (χ1) is 40.2. The fourth-order valence-corrected chi connectivity index (χ4v) is 15.2. The van der Waals surface area contributed by atoms with Crippen molar-refractivity contribution in [1.82, 2.24) is 0 Å². The number of methoxy groups -OCH3 is 4. The first-order valence-electron chi connectivity index (χ1n) is 30.4. The van der Waals surface area contributed by atoms with Gasteiger partial charge in [-0.2, -0.15) is 0 Å². The van der Waals surface area contributed by atoms with Crippen LogP contribution in [0, 0.1) is 24.2 Å². The second-order valence-corrected chi connectivity index (χ2v) is 25.1. The summed E-state index contributed by atoms with van der Waals surface area (Å²) in [5, 5.41) is 64.2. The molecule has 24 nitrogen and oxygen atoms in total. The van der Waals surface area contributed by atoms with Crippen molar-refractivity contribution >= 4 is 5.78 Å². The van der Waals surface area contributed by atoms with Crippen LogP contribution in [-0.2, 0) is 80.6 Å². The standard InChI is InChI=1S/C60H94O24/c1-26-33(16-17-72-26)34-14-15-36-35(50(34)64)13-12-32-18-39(38(63)24-60(32,36)7)78-46-20-40(68-8)56(28(3)74-46)82-48-22-42(70-10)55(29(4)76-48)81-45-19-37(62)54(27(2)73-45)80-47-21-41(69-9)57(30(5)75-47)83-49-23-43(71-11)58(31(6)77-49)84-59-53(67)52(66)51(65)44(25-61)79-59/h12,16-17,27-31,34-49,51-59,61-63,65-67H,13-15,18-25H2,1-11H3/t27-,28-,29+,30-,31+,34+,35-,36+,37+,38-,39-,40+,41+,42-,43-,44-,45+,46+,47+,48+,49+,51-,52+,53-,54-,55-,56-,57-,58+,59+,60+/m1/s1. The van der Waals surface area contributed by atoms with Crippen LogP contribution in [0.5, 0.6) is 0 Å². The first kappa shape index (κ1) is 64.8. The van der Waals surface area contributed by atoms with E-state index in [-0.39, 0.29) is 48.2 Å². The Labute approximate surface area is 492 Å². The van der Waals surface area contributed by atoms with E-state index in [1.165, 1.54) is 12.7 Å². The second kappa shape index (κ2) is 27.5. The van der Waals surface area contributed by atoms with E-state index in [0.717, 1.165) is 24.2 Å². The molecule has 0 amide bonds. The molecular formula is C60H94O24. The summed E-state index contributed by atoms with van der Waals surface area (Å²) in [7, 11) is 6.32. The minimum absolute atomic E-state index is 0.0911. The highest BCUT2D eigenvalue weighted by atomic mass is 16.8. The molecule has 6 N–H and O–H groups in total. The predicted molar refractivity (Wildman–Crippen MR) is 290 cm³/mol. The van der Waals surface area contributed by atoms with E-state index in [9.17, 15) is 35.4 Å². The molecule has 84 heavy (non-hydrogen) atoms. The van der Waals surface area contributed by atoms with E-state index in [1.54, 1.807) is 41.4 Å². The lowest BCUT2D eigenvalue weighted by atomic mass is 9.51. The van der Waals surface area contributed by atoms with Crippen LogP contribution in [-0.4, -0.2) is 237 Å². The monoisotopic (exact) mass is 1200 g/mol. The quantitative estimate of drug-likeness (QED) is 0.115. The number of fused-ring (bicyclic) bond motifs is 3. The number of allylic oxidation sites excluding steroid dienone is 1. The number of hydrogen-bond donors (Lipinski definition) is 6. The van der Waals surface area contributed by atoms with Crippen molar-refractivity contribution in [2.45, 2.75) is 285 Å². The lowest BCUT2D eigenvalue weighted by Gasteiger charge is -2.54. The van der Waals surface area contributed by atoms with Crippen molar-refractivity contribution in [1.29, 1.82) is 0 Å². The Balaban J connectivity index is 0.672. The zero-order valence-electron chi connectivity index (χ0n) is 50.4. The van der Waals surface area contributed by atoms with Crippen LogP contribution in [0.15, 0.2) is 28.4 Å². The lowest BCUT2D eigenvalue weighted by molar-refractivity contribution is -0.359. The smallest absolute Gasteiger partial charge is 0.187 e. The molecule has 6 aliphatic heterocycles. The van der Waals surface area contributed by atoms with E-state index in [4.69, 9.17) is 80.2 Å². The topological polar surface area (TPSA) is 299 Å². The van der Waals surface area contributed by atoms with Crippen molar-refractivity contribution in [3.63, 3.8) is 0 Å². The number of carbonyl (C=O) groups excluding carboxylic acids is 1. The average Bonchev–Trinajstić information content (AvgIpc) is 1.07. The maximum atomic E-state index is 14.0. The van der Waals surface area contributed by atoms with Crippen LogP contribution in [0.1, 0.15) is 123 Å². The Kier molecular flexibility index (Phi) is 21.2. The molecule has 1 aromatic rings. The number of carbonyl (C=O) groups is 1. The summed E-state index contributed by atoms with van der Waals surface area (Å²) < 4.78 is 106. The third-order valence-electron chi connectivity index (χ3n) is 19.9. The Hall–Kier alpha value is -2.19. The molecule has 9 aliphatic rings. The molecular weight excluding hydrogens is 1100 g/mol. The van der Waals surface area contributed by atoms with Gasteiger partial charge in [0.1, 0.15) is 66.5 Å². The summed E-state index contributed by atoms with van der Waals surface area (Å²) >= 11 is 0. The predicted octanol–water partition coefficient (Wildman–Crippen LogP) is 2.96. The summed E-state index contributed by atoms with van der Waals surface area (Å²) in [6.07, 6.45) is -12.7. The van der Waals surface area contributed by atoms with E-state index in [0.29, 0.717) is 32.1 Å². The normalized spacial score (nSPS) is 49.4. The third kappa shape index (κ3) is 13.3. The molecule has 8 fully saturated rings. The van der Waals surface area contributed by atoms with Crippen LogP contribution in [0.4, 0.5) is 0 Å². The summed E-state index contributed by atoms with van der Waals surface area (Å²) in [6.45, 7) is 12.7. The van der Waals surface area contributed by atoms with Crippen molar-refractivity contribution in [3.8, 4) is 0 Å². The van der Waals surface area contributed by atoms with Gasteiger partial charge in [-0.3, -0.25) is 4.79 Å². The molecule has 6 saturated heterocycles. The lowest BCUT2D eigenvalue weighted by Crippen LogP contribution is -2.62. The number of ether oxygens (including phenoxy) is 16. The molecule has 0 radical (unpaired) electrons. The van der Waals surface area contributed by atoms with Crippen molar-refractivity contribution in [2.75, 3.05) is 35.0 Å². The molecule has 10 rings (SSSR count). The van der Waals surface area contributed by atoms with Crippen LogP contribution in [0.2, 0.25) is 0 Å². The van der Waals surface area contributed by atoms with Gasteiger partial charge < -0.3 is 111 Å². The number of hydrogen-bond acceptors (Lipinski definition) is 24. The van der Waals surface area contributed by atoms with Crippen LogP contribution < -0.4 is 0 Å². The van der Waals surface area contributed by atoms with E-state index in [2.05, 4.69) is 13.0 Å². The minimum atomic E-state index is -1.60. The van der Waals surface area contributed by atoms with E-state index in [1.807, 2.05) is 33.8 Å². The fraction of sp³-hybridized carbons (Fsp3) is 0.883. The third-order valence-corrected chi connectivity index (χ3v) is 19.9. The number of ketones is 1. The van der Waals surface area contributed by atoms with E-state index >= 15 is 0 Å². The number of furan rings is 1. The molecule has 0 aromatic carbocycles. The van der Waals surface area contributed by atoms with Crippen LogP contribution in [0.3, 0.4) is 0 Å². The molecule has 24 heteroatoms. The zero-order valence-corrected chi connectivity index (χ0v) is 50.4. The molecule has 3 aliphatic carbocycles. The Morgan fingerprint density at radius 2 is 1.02 bits per heavy atom. The van der Waals surface area contributed by atoms with Gasteiger partial charge in [0.25, 0.3) is 0 Å². The zero-order chi connectivity index (χ0) is 60.1. The minimum Gasteiger partial charge on any atom is -0.469 e. The molecule has 2 saturated carbocycles. The molecule has 0 bridgehead atoms. The highest BCUT2D eigenvalue weighted by molar-refractivity contribution is 5.89. The van der Waals surface area contributed by atoms with Gasteiger partial charge in [0.15, 0.2) is 37.7 Å². The van der Waals surface area contributed by atoms with Gasteiger partial charge in [0.2, 0.25) is 0 Å². The van der Waals surface area contributed by atoms with E-state index < -0.39 is 173 Å². The van der Waals surface area contributed by atoms with Crippen molar-refractivity contribution in [2.24, 2.45) is 17.3 Å². The number of rotatable bonds is 18. The molecule has 0 unspecified atom stereocenters. The van der Waals surface area contributed by atoms with Gasteiger partial charge in [-0.1, -0.05) is 18.6 Å². The van der Waals surface area contributed by atoms with Gasteiger partial charge in [-0.05, 0) is 91.0 Å². The Bertz CT molecular complexity index is 2310. The van der Waals surface area contributed by atoms with Crippen LogP contribution >= 0.6 is 0 Å². The second-order valence-electron chi connectivity index (χ2n) is 25.1. The Morgan fingerprint density at radius 3 is 1.49 bits per heavy atom. The van der Waals surface area contributed by atoms with Crippen molar-refractivity contribution in [3.05, 3.63) is 35.3 Å². The average molecular weight is 1200 g/mol. The SMILES string of the molecule is CO[C@H]1C[C@H](O[C@H]2[C@@H](O)C[C@H](O[C@@H]3[C@H](C)O[C@@H](O[C@H]4[C@@H](OC)C[C@H](O[C@@H]5CC6=CC[C@H]7C(=O)[C@H](c8ccoc8C)CC[C@@H]7[C@@]6(C)C[C@H]5O)O[C@@H]4C)C[C@H]3OC)O[C@@H]2C)O[C@H](C)[C@H]1O[C@H]1C[C@@H](OC)[C@@H](O[C@@H]2O[C@H](CO)[C@@H](O)[C@H](O)[C@H]2O)[C@H](C)O1. The maximum Gasteiger partial charge on any atom is 0.187 e. The molecule has 0 spiro atoms. The van der Waals surface area contributed by atoms with Gasteiger partial charge in [0, 0.05) is 77.9 Å². The number of aliphatic hydroxyl groups is 6. The molecule has 31 atom stereocenters. The largest absolute Gasteiger partial charge is 0.469 e. The van der Waals surface area contributed by atoms with Gasteiger partial charge in [0.05, 0.1) is 86.1 Å². The maximum absolute atomic E-state index is 14.0. The van der Waals surface area contributed by atoms with Crippen molar-refractivity contribution < 1.29 is 116 Å². The fourth-order valence-electron chi connectivity index (χ4n) is 15.2. The number of aliphatic hydroxyl groups excluding tert-OH is 6. The summed E-state index contributed by atoms with van der Waals surface area (Å²) in [6, 6.07) is 1.93. The molecule has 7 heterocycles. The van der Waals surface area contributed by atoms with Gasteiger partial charge in [-0.15, -0.1) is 0 Å². The number of aryl methyl sites for hydroxylation is 1. The highest BCUT2D eigenvalue weighted by Crippen LogP contribution is 2.58. The first-order valence-corrected chi connectivity index (χ1v) is 30.4. The summed E-state index contributed by atoms with van der Waals surface area (Å²) in [5.74, 6) is 0.997. The highest BCUT2D eigenvalue weighted by Gasteiger charge is 2.56. The van der Waals surface area contributed by atoms with Crippen LogP contribution in [0.25, 0.3) is 0 Å². The molecule has 478 valence electrons. The Morgan fingerprint density at radius 1 is 0.560 bits per heavy atom. The van der Waals surface area contributed by atoms with Gasteiger partial charge in [-0.25, -0.2) is 0 Å². The molecule has 1 aromatic heterocycles. The van der Waals surface area contributed by atoms with Gasteiger partial charge >= 0.3 is 0 Å².